The van der Waals surface area contributed by atoms with Crippen molar-refractivity contribution in [3.05, 3.63) is 60.2 Å². The molecule has 1 fully saturated rings. The van der Waals surface area contributed by atoms with E-state index in [1.165, 1.54) is 12.8 Å². The molecule has 2 aromatic carbocycles. The lowest BCUT2D eigenvalue weighted by Gasteiger charge is -2.49. The number of para-hydroxylation sites is 1. The predicted molar refractivity (Wildman–Crippen MR) is 134 cm³/mol. The number of likely N-dealkylation sites (N-methyl/N-ethyl adjacent to an activating group) is 1. The lowest BCUT2D eigenvalue weighted by atomic mass is 9.72. The van der Waals surface area contributed by atoms with Crippen LogP contribution in [-0.4, -0.2) is 46.8 Å². The number of primary amides is 1. The van der Waals surface area contributed by atoms with Crippen molar-refractivity contribution in [1.29, 1.82) is 0 Å². The zero-order chi connectivity index (χ0) is 23.9. The van der Waals surface area contributed by atoms with Crippen LogP contribution in [0.4, 0.5) is 5.82 Å². The molecule has 5 rings (SSSR count). The van der Waals surface area contributed by atoms with Crippen molar-refractivity contribution in [2.75, 3.05) is 25.5 Å². The van der Waals surface area contributed by atoms with E-state index in [0.29, 0.717) is 17.3 Å². The Bertz CT molecular complexity index is 1170. The number of nitrogens with two attached hydrogens (primary N) is 1. The van der Waals surface area contributed by atoms with E-state index < -0.39 is 5.91 Å². The van der Waals surface area contributed by atoms with Crippen LogP contribution in [0.25, 0.3) is 11.3 Å². The van der Waals surface area contributed by atoms with E-state index in [0.717, 1.165) is 42.4 Å². The summed E-state index contributed by atoms with van der Waals surface area (Å²) >= 11 is 0. The molecule has 7 nitrogen and oxygen atoms in total. The molecule has 7 heteroatoms. The first-order valence-corrected chi connectivity index (χ1v) is 12.0. The molecule has 0 bridgehead atoms. The first-order chi connectivity index (χ1) is 16.3. The smallest absolute Gasteiger partial charge is 0.254 e. The number of nitrogens with one attached hydrogen (secondary N) is 1. The second kappa shape index (κ2) is 8.80. The molecule has 1 aromatic heterocycles. The summed E-state index contributed by atoms with van der Waals surface area (Å²) in [6.07, 6.45) is 3.34. The third-order valence-electron chi connectivity index (χ3n) is 7.28. The van der Waals surface area contributed by atoms with Crippen LogP contribution in [0, 0.1) is 5.41 Å². The van der Waals surface area contributed by atoms with Crippen LogP contribution >= 0.6 is 0 Å². The van der Waals surface area contributed by atoms with Crippen LogP contribution in [0.1, 0.15) is 49.5 Å². The van der Waals surface area contributed by atoms with Crippen molar-refractivity contribution < 1.29 is 9.53 Å². The summed E-state index contributed by atoms with van der Waals surface area (Å²) in [6.45, 7) is 6.56. The fraction of sp³-hybridized carbons (Fsp3) is 0.407. The quantitative estimate of drug-likeness (QED) is 0.566. The molecule has 0 aliphatic carbocycles. The van der Waals surface area contributed by atoms with Gasteiger partial charge in [0.15, 0.2) is 0 Å². The highest BCUT2D eigenvalue weighted by Crippen LogP contribution is 2.44. The van der Waals surface area contributed by atoms with Crippen LogP contribution in [-0.2, 0) is 0 Å². The number of amides is 1. The van der Waals surface area contributed by atoms with E-state index in [1.54, 1.807) is 0 Å². The summed E-state index contributed by atoms with van der Waals surface area (Å²) in [6, 6.07) is 17.8. The molecule has 2 aliphatic heterocycles. The number of anilines is 1. The maximum absolute atomic E-state index is 12.6. The van der Waals surface area contributed by atoms with E-state index in [9.17, 15) is 4.79 Å². The monoisotopic (exact) mass is 459 g/mol. The summed E-state index contributed by atoms with van der Waals surface area (Å²) in [4.78, 5) is 15.1. The zero-order valence-electron chi connectivity index (χ0n) is 20.1. The van der Waals surface area contributed by atoms with Gasteiger partial charge in [0.2, 0.25) is 0 Å². The molecule has 0 saturated carbocycles. The number of likely N-dealkylation sites (tertiary alicyclic amines) is 1. The van der Waals surface area contributed by atoms with E-state index in [4.69, 9.17) is 15.6 Å². The van der Waals surface area contributed by atoms with Gasteiger partial charge in [-0.05, 0) is 74.7 Å². The number of rotatable bonds is 5. The number of ether oxygens (including phenoxy) is 1. The highest BCUT2D eigenvalue weighted by Gasteiger charge is 2.44. The van der Waals surface area contributed by atoms with Gasteiger partial charge in [0.25, 0.3) is 5.91 Å². The number of benzene rings is 2. The number of nitrogens with zero attached hydrogens (tertiary/aromatic N) is 3. The van der Waals surface area contributed by atoms with Crippen molar-refractivity contribution in [2.24, 2.45) is 11.1 Å². The van der Waals surface area contributed by atoms with Gasteiger partial charge < -0.3 is 20.7 Å². The van der Waals surface area contributed by atoms with Crippen LogP contribution in [0.3, 0.4) is 0 Å². The van der Waals surface area contributed by atoms with Crippen LogP contribution < -0.4 is 15.8 Å². The van der Waals surface area contributed by atoms with Crippen molar-refractivity contribution in [3.63, 3.8) is 0 Å². The van der Waals surface area contributed by atoms with Gasteiger partial charge in [-0.3, -0.25) is 4.79 Å². The van der Waals surface area contributed by atoms with Gasteiger partial charge in [-0.2, -0.15) is 5.10 Å². The largest absolute Gasteiger partial charge is 0.457 e. The molecular formula is C27H33N5O2. The first-order valence-electron chi connectivity index (χ1n) is 12.0. The van der Waals surface area contributed by atoms with Crippen LogP contribution in [0.2, 0.25) is 0 Å². The second-order valence-corrected chi connectivity index (χ2v) is 10.1. The number of hydrogen-bond acceptors (Lipinski definition) is 5. The predicted octanol–water partition coefficient (Wildman–Crippen LogP) is 4.92. The summed E-state index contributed by atoms with van der Waals surface area (Å²) in [5, 5.41) is 8.41. The minimum absolute atomic E-state index is 0.154. The minimum Gasteiger partial charge on any atom is -0.457 e. The van der Waals surface area contributed by atoms with Gasteiger partial charge in [-0.15, -0.1) is 0 Å². The van der Waals surface area contributed by atoms with E-state index in [2.05, 4.69) is 31.1 Å². The number of carbonyl (C=O) groups is 1. The Morgan fingerprint density at radius 3 is 2.50 bits per heavy atom. The summed E-state index contributed by atoms with van der Waals surface area (Å²) in [5.74, 6) is 1.77. The standard InChI is InChI=1S/C27H33N5O2/c1-27(2)15-7-17-31(3)24(27)21-14-16-29-26-22(25(28)33)23(30-32(21)26)18-10-12-20(13-11-18)34-19-8-5-4-6-9-19/h4-6,8-13,21,24,29H,7,14-17H2,1-3H3,(H2,28,33). The maximum atomic E-state index is 12.6. The van der Waals surface area contributed by atoms with E-state index in [1.807, 2.05) is 59.3 Å². The van der Waals surface area contributed by atoms with Crippen LogP contribution in [0.5, 0.6) is 11.5 Å². The molecule has 2 unspecified atom stereocenters. The molecule has 3 N–H and O–H groups in total. The molecule has 2 aliphatic rings. The average Bonchev–Trinajstić information content (AvgIpc) is 3.20. The summed E-state index contributed by atoms with van der Waals surface area (Å²) < 4.78 is 7.95. The highest BCUT2D eigenvalue weighted by atomic mass is 16.5. The maximum Gasteiger partial charge on any atom is 0.254 e. The average molecular weight is 460 g/mol. The van der Waals surface area contributed by atoms with Gasteiger partial charge in [0.1, 0.15) is 28.6 Å². The molecule has 34 heavy (non-hydrogen) atoms. The Kier molecular flexibility index (Phi) is 5.81. The molecule has 178 valence electrons. The summed E-state index contributed by atoms with van der Waals surface area (Å²) in [5.41, 5.74) is 7.96. The van der Waals surface area contributed by atoms with Gasteiger partial charge in [-0.25, -0.2) is 4.68 Å². The Morgan fingerprint density at radius 2 is 1.82 bits per heavy atom. The number of piperidine rings is 1. The third kappa shape index (κ3) is 4.05. The van der Waals surface area contributed by atoms with E-state index in [-0.39, 0.29) is 11.5 Å². The lowest BCUT2D eigenvalue weighted by Crippen LogP contribution is -2.53. The number of aromatic nitrogens is 2. The topological polar surface area (TPSA) is 85.4 Å². The highest BCUT2D eigenvalue weighted by molar-refractivity contribution is 6.03. The van der Waals surface area contributed by atoms with Crippen molar-refractivity contribution >= 4 is 11.7 Å². The molecule has 3 heterocycles. The van der Waals surface area contributed by atoms with Gasteiger partial charge in [0, 0.05) is 18.2 Å². The van der Waals surface area contributed by atoms with Gasteiger partial charge >= 0.3 is 0 Å². The van der Waals surface area contributed by atoms with Crippen molar-refractivity contribution in [2.45, 2.75) is 45.2 Å². The summed E-state index contributed by atoms with van der Waals surface area (Å²) in [7, 11) is 2.21. The minimum atomic E-state index is -0.467. The normalized spacial score (nSPS) is 22.0. The lowest BCUT2D eigenvalue weighted by molar-refractivity contribution is 0.0148. The number of carbonyl (C=O) groups excluding carboxylic acids is 1. The Labute approximate surface area is 200 Å². The van der Waals surface area contributed by atoms with Gasteiger partial charge in [-0.1, -0.05) is 32.0 Å². The van der Waals surface area contributed by atoms with Crippen molar-refractivity contribution in [3.8, 4) is 22.8 Å². The third-order valence-corrected chi connectivity index (χ3v) is 7.28. The Hall–Kier alpha value is -3.32. The van der Waals surface area contributed by atoms with E-state index >= 15 is 0 Å². The van der Waals surface area contributed by atoms with Crippen LogP contribution in [0.15, 0.2) is 54.6 Å². The molecular weight excluding hydrogens is 426 g/mol. The fourth-order valence-electron chi connectivity index (χ4n) is 5.82. The number of hydrogen-bond donors (Lipinski definition) is 2. The Morgan fingerprint density at radius 1 is 1.12 bits per heavy atom. The molecule has 0 spiro atoms. The molecule has 2 atom stereocenters. The zero-order valence-corrected chi connectivity index (χ0v) is 20.1. The number of fused-ring (bicyclic) bond motifs is 1. The molecule has 1 amide bonds. The van der Waals surface area contributed by atoms with Crippen molar-refractivity contribution in [1.82, 2.24) is 14.7 Å². The first kappa shape index (κ1) is 22.5. The molecule has 0 radical (unpaired) electrons. The fourth-order valence-corrected chi connectivity index (χ4v) is 5.82. The Balaban J connectivity index is 1.51. The molecule has 3 aromatic rings. The SMILES string of the molecule is CN1CCCC(C)(C)C1C1CCNc2c(C(N)=O)c(-c3ccc(Oc4ccccc4)cc3)nn21. The molecule has 1 saturated heterocycles. The van der Waals surface area contributed by atoms with Gasteiger partial charge in [0.05, 0.1) is 6.04 Å². The second-order valence-electron chi connectivity index (χ2n) is 10.1.